The van der Waals surface area contributed by atoms with Gasteiger partial charge in [0.25, 0.3) is 0 Å². The highest BCUT2D eigenvalue weighted by molar-refractivity contribution is 5.83. The zero-order valence-corrected chi connectivity index (χ0v) is 23.0. The Balaban J connectivity index is 1.34. The van der Waals surface area contributed by atoms with E-state index in [1.807, 2.05) is 58.0 Å². The monoisotopic (exact) mass is 534 g/mol. The number of carbonyl (C=O) groups is 2. The largest absolute Gasteiger partial charge is 0.471 e. The molecule has 0 radical (unpaired) electrons. The Morgan fingerprint density at radius 1 is 1.11 bits per heavy atom. The van der Waals surface area contributed by atoms with Gasteiger partial charge >= 0.3 is 18.1 Å². The zero-order chi connectivity index (χ0) is 27.7. The number of hydrogen-bond acceptors (Lipinski definition) is 4. The quantitative estimate of drug-likeness (QED) is 0.371. The second kappa shape index (κ2) is 11.0. The van der Waals surface area contributed by atoms with E-state index in [9.17, 15) is 22.8 Å². The Hall–Kier alpha value is -2.35. The number of esters is 1. The minimum absolute atomic E-state index is 0.00490. The lowest BCUT2D eigenvalue weighted by molar-refractivity contribution is -0.194. The van der Waals surface area contributed by atoms with Gasteiger partial charge in [0.2, 0.25) is 0 Å². The highest BCUT2D eigenvalue weighted by atomic mass is 19.4. The molecule has 0 N–H and O–H groups in total. The molecular formula is C30H41F3N2O3. The maximum Gasteiger partial charge on any atom is 0.471 e. The van der Waals surface area contributed by atoms with Crippen molar-refractivity contribution < 1.29 is 27.5 Å². The van der Waals surface area contributed by atoms with Gasteiger partial charge in [-0.1, -0.05) is 48.9 Å². The van der Waals surface area contributed by atoms with E-state index in [0.29, 0.717) is 32.2 Å². The van der Waals surface area contributed by atoms with Crippen LogP contribution in [0.5, 0.6) is 0 Å². The first-order valence-electron chi connectivity index (χ1n) is 13.9. The Bertz CT molecular complexity index is 1020. The average Bonchev–Trinajstić information content (AvgIpc) is 3.60. The maximum absolute atomic E-state index is 13.7. The SMILES string of the molecule is CC/C(=C\c1ccccc1)C1CC1N(C(=O)C(F)(F)F)C1CC2(CCN(CCC(=O)OC(C)(C)C)CC2)C1. The second-order valence-corrected chi connectivity index (χ2v) is 12.3. The van der Waals surface area contributed by atoms with Crippen LogP contribution in [-0.4, -0.2) is 65.2 Å². The van der Waals surface area contributed by atoms with E-state index in [4.69, 9.17) is 4.74 Å². The molecule has 210 valence electrons. The molecule has 4 rings (SSSR count). The van der Waals surface area contributed by atoms with Crippen LogP contribution in [0.1, 0.15) is 78.2 Å². The molecule has 8 heteroatoms. The lowest BCUT2D eigenvalue weighted by Gasteiger charge is -2.55. The van der Waals surface area contributed by atoms with Gasteiger partial charge in [0.05, 0.1) is 6.42 Å². The predicted molar refractivity (Wildman–Crippen MR) is 141 cm³/mol. The molecule has 1 aromatic carbocycles. The van der Waals surface area contributed by atoms with Crippen molar-refractivity contribution in [3.63, 3.8) is 0 Å². The lowest BCUT2D eigenvalue weighted by atomic mass is 9.60. The number of benzene rings is 1. The summed E-state index contributed by atoms with van der Waals surface area (Å²) in [5.74, 6) is -1.91. The Morgan fingerprint density at radius 3 is 2.29 bits per heavy atom. The number of amides is 1. The van der Waals surface area contributed by atoms with Gasteiger partial charge in [-0.25, -0.2) is 0 Å². The molecule has 1 saturated heterocycles. The summed E-state index contributed by atoms with van der Waals surface area (Å²) in [6, 6.07) is 9.06. The third kappa shape index (κ3) is 6.99. The average molecular weight is 535 g/mol. The molecule has 5 nitrogen and oxygen atoms in total. The molecule has 38 heavy (non-hydrogen) atoms. The Kier molecular flexibility index (Phi) is 8.31. The highest BCUT2D eigenvalue weighted by Crippen LogP contribution is 2.55. The molecule has 1 heterocycles. The minimum atomic E-state index is -4.86. The fourth-order valence-electron chi connectivity index (χ4n) is 6.29. The topological polar surface area (TPSA) is 49.9 Å². The number of ether oxygens (including phenoxy) is 1. The molecule has 2 atom stereocenters. The molecule has 0 aromatic heterocycles. The number of hydrogen-bond donors (Lipinski definition) is 0. The summed E-state index contributed by atoms with van der Waals surface area (Å²) in [5, 5.41) is 0. The van der Waals surface area contributed by atoms with Crippen molar-refractivity contribution in [2.45, 2.75) is 96.5 Å². The highest BCUT2D eigenvalue weighted by Gasteiger charge is 2.58. The van der Waals surface area contributed by atoms with E-state index in [2.05, 4.69) is 11.0 Å². The predicted octanol–water partition coefficient (Wildman–Crippen LogP) is 6.24. The Labute approximate surface area is 224 Å². The smallest absolute Gasteiger partial charge is 0.460 e. The molecule has 2 saturated carbocycles. The third-order valence-corrected chi connectivity index (χ3v) is 8.33. The molecule has 0 bridgehead atoms. The number of rotatable bonds is 8. The normalized spacial score (nSPS) is 24.1. The van der Waals surface area contributed by atoms with Gasteiger partial charge in [-0.15, -0.1) is 0 Å². The fourth-order valence-corrected chi connectivity index (χ4v) is 6.29. The van der Waals surface area contributed by atoms with Gasteiger partial charge in [0.15, 0.2) is 0 Å². The number of halogens is 3. The van der Waals surface area contributed by atoms with Crippen molar-refractivity contribution in [2.24, 2.45) is 11.3 Å². The van der Waals surface area contributed by atoms with Crippen molar-refractivity contribution in [1.82, 2.24) is 9.80 Å². The van der Waals surface area contributed by atoms with Crippen LogP contribution < -0.4 is 0 Å². The van der Waals surface area contributed by atoms with Crippen LogP contribution in [0, 0.1) is 11.3 Å². The first-order valence-corrected chi connectivity index (χ1v) is 13.9. The second-order valence-electron chi connectivity index (χ2n) is 12.3. The summed E-state index contributed by atoms with van der Waals surface area (Å²) < 4.78 is 46.3. The van der Waals surface area contributed by atoms with E-state index in [0.717, 1.165) is 43.5 Å². The minimum Gasteiger partial charge on any atom is -0.460 e. The van der Waals surface area contributed by atoms with Gasteiger partial charge in [-0.05, 0) is 83.4 Å². The van der Waals surface area contributed by atoms with Gasteiger partial charge in [-0.2, -0.15) is 13.2 Å². The van der Waals surface area contributed by atoms with Gasteiger partial charge in [0, 0.05) is 24.5 Å². The number of likely N-dealkylation sites (tertiary alicyclic amines) is 1. The van der Waals surface area contributed by atoms with E-state index in [-0.39, 0.29) is 29.4 Å². The van der Waals surface area contributed by atoms with Crippen LogP contribution in [0.15, 0.2) is 35.9 Å². The van der Waals surface area contributed by atoms with Crippen LogP contribution in [-0.2, 0) is 14.3 Å². The first kappa shape index (κ1) is 28.7. The van der Waals surface area contributed by atoms with E-state index in [1.165, 1.54) is 4.90 Å². The number of piperidine rings is 1. The molecule has 2 unspecified atom stereocenters. The molecule has 3 fully saturated rings. The Morgan fingerprint density at radius 2 is 1.74 bits per heavy atom. The summed E-state index contributed by atoms with van der Waals surface area (Å²) in [7, 11) is 0. The zero-order valence-electron chi connectivity index (χ0n) is 23.0. The van der Waals surface area contributed by atoms with Crippen LogP contribution in [0.3, 0.4) is 0 Å². The molecule has 1 aromatic rings. The summed E-state index contributed by atoms with van der Waals surface area (Å²) in [4.78, 5) is 28.1. The van der Waals surface area contributed by atoms with Crippen LogP contribution in [0.4, 0.5) is 13.2 Å². The number of alkyl halides is 3. The first-order chi connectivity index (χ1) is 17.8. The van der Waals surface area contributed by atoms with Crippen LogP contribution >= 0.6 is 0 Å². The standard InChI is InChI=1S/C30H41F3N2O3/c1-5-22(17-21-9-7-6-8-10-21)24-18-25(24)35(27(37)30(31,32)33)23-19-29(20-23)12-15-34(16-13-29)14-11-26(36)38-28(2,3)4/h6-10,17,23-25H,5,11-16,18-20H2,1-4H3/b22-17+. The van der Waals surface area contributed by atoms with Crippen molar-refractivity contribution in [1.29, 1.82) is 0 Å². The van der Waals surface area contributed by atoms with E-state index >= 15 is 0 Å². The number of nitrogens with zero attached hydrogens (tertiary/aromatic N) is 2. The molecule has 1 spiro atoms. The van der Waals surface area contributed by atoms with Crippen molar-refractivity contribution >= 4 is 18.0 Å². The molecular weight excluding hydrogens is 493 g/mol. The molecule has 3 aliphatic rings. The van der Waals surface area contributed by atoms with Crippen LogP contribution in [0.25, 0.3) is 6.08 Å². The third-order valence-electron chi connectivity index (χ3n) is 8.33. The van der Waals surface area contributed by atoms with E-state index in [1.54, 1.807) is 0 Å². The van der Waals surface area contributed by atoms with Crippen molar-refractivity contribution in [3.05, 3.63) is 41.5 Å². The molecule has 1 aliphatic heterocycles. The van der Waals surface area contributed by atoms with Gasteiger partial charge in [-0.3, -0.25) is 9.59 Å². The maximum atomic E-state index is 13.7. The lowest BCUT2D eigenvalue weighted by Crippen LogP contribution is -2.59. The van der Waals surface area contributed by atoms with Gasteiger partial charge in [0.1, 0.15) is 5.60 Å². The van der Waals surface area contributed by atoms with Crippen molar-refractivity contribution in [3.8, 4) is 0 Å². The summed E-state index contributed by atoms with van der Waals surface area (Å²) in [6.07, 6.45) is 1.90. The summed E-state index contributed by atoms with van der Waals surface area (Å²) in [5.41, 5.74) is 1.63. The fraction of sp³-hybridized carbons (Fsp3) is 0.667. The van der Waals surface area contributed by atoms with Gasteiger partial charge < -0.3 is 14.5 Å². The number of carbonyl (C=O) groups excluding carboxylic acids is 2. The van der Waals surface area contributed by atoms with Crippen molar-refractivity contribution in [2.75, 3.05) is 19.6 Å². The van der Waals surface area contributed by atoms with Crippen LogP contribution in [0.2, 0.25) is 0 Å². The summed E-state index contributed by atoms with van der Waals surface area (Å²) >= 11 is 0. The summed E-state index contributed by atoms with van der Waals surface area (Å²) in [6.45, 7) is 9.83. The molecule has 1 amide bonds. The molecule has 2 aliphatic carbocycles. The van der Waals surface area contributed by atoms with E-state index < -0.39 is 17.7 Å².